The number of nitrogens with one attached hydrogen (secondary N) is 1. The van der Waals surface area contributed by atoms with Gasteiger partial charge in [0.25, 0.3) is 5.91 Å². The third kappa shape index (κ3) is 5.04. The fourth-order valence-corrected chi connectivity index (χ4v) is 3.68. The van der Waals surface area contributed by atoms with Gasteiger partial charge in [0.15, 0.2) is 11.0 Å². The molecule has 0 fully saturated rings. The molecule has 7 nitrogen and oxygen atoms in total. The van der Waals surface area contributed by atoms with E-state index in [9.17, 15) is 4.79 Å². The second kappa shape index (κ2) is 9.63. The van der Waals surface area contributed by atoms with E-state index in [2.05, 4.69) is 20.7 Å². The lowest BCUT2D eigenvalue weighted by molar-refractivity contribution is -0.118. The molecule has 2 aromatic carbocycles. The molecule has 0 aliphatic rings. The monoisotopic (exact) mass is 451 g/mol. The highest BCUT2D eigenvalue weighted by atomic mass is 35.5. The molecule has 0 saturated carbocycles. The first-order valence-electron chi connectivity index (χ1n) is 9.38. The Labute approximate surface area is 188 Å². The van der Waals surface area contributed by atoms with Crippen LogP contribution in [-0.4, -0.2) is 32.1 Å². The number of aromatic nitrogens is 3. The van der Waals surface area contributed by atoms with E-state index in [1.54, 1.807) is 37.5 Å². The predicted octanol–water partition coefficient (Wildman–Crippen LogP) is 4.81. The molecule has 4 rings (SSSR count). The van der Waals surface area contributed by atoms with Crippen molar-refractivity contribution in [3.05, 3.63) is 83.8 Å². The molecule has 0 aliphatic carbocycles. The van der Waals surface area contributed by atoms with Crippen LogP contribution in [0.5, 0.6) is 0 Å². The van der Waals surface area contributed by atoms with Gasteiger partial charge in [-0.05, 0) is 55.5 Å². The van der Waals surface area contributed by atoms with Crippen LogP contribution in [0, 0.1) is 0 Å². The SMILES string of the molecule is C/C(=N/NC(=O)CSc1nnc(-c2ccc(Cl)cc2)n1-c1ccccc1)c1ccco1. The topological polar surface area (TPSA) is 85.3 Å². The number of furan rings is 1. The Morgan fingerprint density at radius 2 is 1.87 bits per heavy atom. The van der Waals surface area contributed by atoms with Crippen molar-refractivity contribution in [2.75, 3.05) is 5.75 Å². The van der Waals surface area contributed by atoms with Crippen LogP contribution in [0.25, 0.3) is 17.1 Å². The Bertz CT molecular complexity index is 1190. The Balaban J connectivity index is 1.53. The van der Waals surface area contributed by atoms with E-state index in [4.69, 9.17) is 16.0 Å². The lowest BCUT2D eigenvalue weighted by Gasteiger charge is -2.10. The van der Waals surface area contributed by atoms with Crippen molar-refractivity contribution in [2.24, 2.45) is 5.10 Å². The Morgan fingerprint density at radius 3 is 2.58 bits per heavy atom. The Morgan fingerprint density at radius 1 is 1.10 bits per heavy atom. The molecule has 0 unspecified atom stereocenters. The smallest absolute Gasteiger partial charge is 0.250 e. The molecule has 2 heterocycles. The van der Waals surface area contributed by atoms with Gasteiger partial charge in [0.05, 0.1) is 12.0 Å². The highest BCUT2D eigenvalue weighted by Crippen LogP contribution is 2.28. The van der Waals surface area contributed by atoms with Crippen LogP contribution in [0.1, 0.15) is 12.7 Å². The summed E-state index contributed by atoms with van der Waals surface area (Å²) in [5, 5.41) is 14.0. The van der Waals surface area contributed by atoms with Crippen LogP contribution < -0.4 is 5.43 Å². The van der Waals surface area contributed by atoms with E-state index >= 15 is 0 Å². The normalized spacial score (nSPS) is 11.5. The Kier molecular flexibility index (Phi) is 6.49. The molecule has 0 aliphatic heterocycles. The zero-order valence-corrected chi connectivity index (χ0v) is 18.1. The minimum Gasteiger partial charge on any atom is -0.463 e. The number of thioether (sulfide) groups is 1. The number of rotatable bonds is 7. The van der Waals surface area contributed by atoms with E-state index < -0.39 is 0 Å². The average Bonchev–Trinajstić information content (AvgIpc) is 3.47. The van der Waals surface area contributed by atoms with Gasteiger partial charge in [-0.25, -0.2) is 5.43 Å². The minimum absolute atomic E-state index is 0.126. The second-order valence-corrected chi connectivity index (χ2v) is 7.86. The molecular weight excluding hydrogens is 434 g/mol. The maximum atomic E-state index is 12.3. The van der Waals surface area contributed by atoms with E-state index in [1.165, 1.54) is 11.8 Å². The number of carbonyl (C=O) groups excluding carboxylic acids is 1. The largest absolute Gasteiger partial charge is 0.463 e. The van der Waals surface area contributed by atoms with Crippen molar-refractivity contribution in [1.29, 1.82) is 0 Å². The Hall–Kier alpha value is -3.36. The van der Waals surface area contributed by atoms with E-state index in [0.717, 1.165) is 11.3 Å². The first-order chi connectivity index (χ1) is 15.1. The summed E-state index contributed by atoms with van der Waals surface area (Å²) in [6.45, 7) is 1.76. The predicted molar refractivity (Wildman–Crippen MR) is 122 cm³/mol. The van der Waals surface area contributed by atoms with E-state index in [1.807, 2.05) is 47.0 Å². The average molecular weight is 452 g/mol. The maximum Gasteiger partial charge on any atom is 0.250 e. The molecule has 156 valence electrons. The molecule has 0 saturated heterocycles. The zero-order valence-electron chi connectivity index (χ0n) is 16.5. The third-order valence-corrected chi connectivity index (χ3v) is 5.49. The molecule has 31 heavy (non-hydrogen) atoms. The van der Waals surface area contributed by atoms with Crippen LogP contribution in [0.3, 0.4) is 0 Å². The summed E-state index contributed by atoms with van der Waals surface area (Å²) in [7, 11) is 0. The molecular formula is C22H18ClN5O2S. The summed E-state index contributed by atoms with van der Waals surface area (Å²) in [6, 6.07) is 20.7. The number of carbonyl (C=O) groups is 1. The highest BCUT2D eigenvalue weighted by molar-refractivity contribution is 7.99. The van der Waals surface area contributed by atoms with Gasteiger partial charge in [-0.1, -0.05) is 41.6 Å². The van der Waals surface area contributed by atoms with Crippen LogP contribution >= 0.6 is 23.4 Å². The van der Waals surface area contributed by atoms with Crippen LogP contribution in [0.15, 0.2) is 87.7 Å². The fraction of sp³-hybridized carbons (Fsp3) is 0.0909. The van der Waals surface area contributed by atoms with Gasteiger partial charge < -0.3 is 4.42 Å². The number of halogens is 1. The van der Waals surface area contributed by atoms with Crippen molar-refractivity contribution >= 4 is 35.0 Å². The number of benzene rings is 2. The number of amides is 1. The summed E-state index contributed by atoms with van der Waals surface area (Å²) in [5.41, 5.74) is 4.89. The van der Waals surface area contributed by atoms with Crippen LogP contribution in [-0.2, 0) is 4.79 Å². The first kappa shape index (κ1) is 20.9. The van der Waals surface area contributed by atoms with Crippen molar-refractivity contribution < 1.29 is 9.21 Å². The third-order valence-electron chi connectivity index (χ3n) is 4.31. The number of hydrogen-bond acceptors (Lipinski definition) is 6. The number of nitrogens with zero attached hydrogens (tertiary/aromatic N) is 4. The molecule has 1 N–H and O–H groups in total. The standard InChI is InChI=1S/C22H18ClN5O2S/c1-15(19-8-5-13-30-19)24-25-20(29)14-31-22-27-26-21(16-9-11-17(23)12-10-16)28(22)18-6-3-2-4-7-18/h2-13H,14H2,1H3,(H,25,29)/b24-15-. The van der Waals surface area contributed by atoms with Gasteiger partial charge in [-0.2, -0.15) is 5.10 Å². The molecule has 1 amide bonds. The summed E-state index contributed by atoms with van der Waals surface area (Å²) in [5.74, 6) is 1.13. The van der Waals surface area contributed by atoms with Crippen molar-refractivity contribution in [1.82, 2.24) is 20.2 Å². The minimum atomic E-state index is -0.258. The fourth-order valence-electron chi connectivity index (χ4n) is 2.81. The first-order valence-corrected chi connectivity index (χ1v) is 10.7. The second-order valence-electron chi connectivity index (χ2n) is 6.48. The van der Waals surface area contributed by atoms with E-state index in [0.29, 0.717) is 27.5 Å². The van der Waals surface area contributed by atoms with Gasteiger partial charge >= 0.3 is 0 Å². The van der Waals surface area contributed by atoms with Gasteiger partial charge in [0.1, 0.15) is 11.5 Å². The molecule has 2 aromatic heterocycles. The molecule has 0 bridgehead atoms. The van der Waals surface area contributed by atoms with Crippen molar-refractivity contribution in [2.45, 2.75) is 12.1 Å². The quantitative estimate of drug-likeness (QED) is 0.247. The highest BCUT2D eigenvalue weighted by Gasteiger charge is 2.17. The molecule has 0 radical (unpaired) electrons. The zero-order chi connectivity index (χ0) is 21.6. The van der Waals surface area contributed by atoms with Gasteiger partial charge in [-0.3, -0.25) is 9.36 Å². The number of hydrogen-bond donors (Lipinski definition) is 1. The molecule has 0 atom stereocenters. The lowest BCUT2D eigenvalue weighted by Crippen LogP contribution is -2.21. The lowest BCUT2D eigenvalue weighted by atomic mass is 10.2. The van der Waals surface area contributed by atoms with Crippen molar-refractivity contribution in [3.63, 3.8) is 0 Å². The van der Waals surface area contributed by atoms with Crippen LogP contribution in [0.2, 0.25) is 5.02 Å². The molecule has 0 spiro atoms. The molecule has 9 heteroatoms. The van der Waals surface area contributed by atoms with Crippen molar-refractivity contribution in [3.8, 4) is 17.1 Å². The summed E-state index contributed by atoms with van der Waals surface area (Å²) < 4.78 is 7.17. The van der Waals surface area contributed by atoms with Gasteiger partial charge in [0, 0.05) is 16.3 Å². The van der Waals surface area contributed by atoms with Crippen LogP contribution in [0.4, 0.5) is 0 Å². The van der Waals surface area contributed by atoms with E-state index in [-0.39, 0.29) is 11.7 Å². The maximum absolute atomic E-state index is 12.3. The summed E-state index contributed by atoms with van der Waals surface area (Å²) in [6.07, 6.45) is 1.56. The molecule has 4 aromatic rings. The number of para-hydroxylation sites is 1. The summed E-state index contributed by atoms with van der Waals surface area (Å²) in [4.78, 5) is 12.3. The van der Waals surface area contributed by atoms with Gasteiger partial charge in [-0.15, -0.1) is 10.2 Å². The van der Waals surface area contributed by atoms with Gasteiger partial charge in [0.2, 0.25) is 0 Å². The summed E-state index contributed by atoms with van der Waals surface area (Å²) >= 11 is 7.30. The number of hydrazone groups is 1.